The molecule has 6 heteroatoms. The molecule has 1 rings (SSSR count). The van der Waals surface area contributed by atoms with Crippen LogP contribution in [0.5, 0.6) is 11.5 Å². The summed E-state index contributed by atoms with van der Waals surface area (Å²) in [6, 6.07) is 3.89. The Labute approximate surface area is 136 Å². The van der Waals surface area contributed by atoms with Gasteiger partial charge in [0, 0.05) is 6.07 Å². The van der Waals surface area contributed by atoms with E-state index in [9.17, 15) is 14.7 Å². The van der Waals surface area contributed by atoms with Crippen molar-refractivity contribution in [3.05, 3.63) is 23.8 Å². The van der Waals surface area contributed by atoms with E-state index in [4.69, 9.17) is 9.47 Å². The van der Waals surface area contributed by atoms with Gasteiger partial charge in [-0.2, -0.15) is 0 Å². The predicted octanol–water partition coefficient (Wildman–Crippen LogP) is 2.71. The van der Waals surface area contributed by atoms with Gasteiger partial charge in [-0.05, 0) is 38.3 Å². The van der Waals surface area contributed by atoms with E-state index in [1.807, 2.05) is 27.7 Å². The van der Waals surface area contributed by atoms with Crippen molar-refractivity contribution in [1.82, 2.24) is 5.32 Å². The Bertz CT molecular complexity index is 554. The summed E-state index contributed by atoms with van der Waals surface area (Å²) in [5.41, 5.74) is 0.287. The lowest BCUT2D eigenvalue weighted by atomic mass is 10.0. The van der Waals surface area contributed by atoms with Crippen molar-refractivity contribution < 1.29 is 24.2 Å². The minimum Gasteiger partial charge on any atom is -0.497 e. The first-order chi connectivity index (χ1) is 10.7. The van der Waals surface area contributed by atoms with Gasteiger partial charge in [0.05, 0.1) is 18.8 Å². The molecule has 0 aromatic heterocycles. The molecule has 0 unspecified atom stereocenters. The number of carbonyl (C=O) groups excluding carboxylic acids is 1. The van der Waals surface area contributed by atoms with Gasteiger partial charge < -0.3 is 19.9 Å². The molecule has 0 bridgehead atoms. The van der Waals surface area contributed by atoms with Gasteiger partial charge >= 0.3 is 5.97 Å². The summed E-state index contributed by atoms with van der Waals surface area (Å²) in [7, 11) is 1.53. The Morgan fingerprint density at radius 3 is 2.35 bits per heavy atom. The number of benzene rings is 1. The molecular formula is C17H25NO5. The topological polar surface area (TPSA) is 84.9 Å². The van der Waals surface area contributed by atoms with Crippen LogP contribution in [0.25, 0.3) is 0 Å². The van der Waals surface area contributed by atoms with Gasteiger partial charge in [-0.1, -0.05) is 13.8 Å². The summed E-state index contributed by atoms with van der Waals surface area (Å²) in [6.07, 6.45) is 0.233. The largest absolute Gasteiger partial charge is 0.497 e. The van der Waals surface area contributed by atoms with E-state index in [1.54, 1.807) is 18.2 Å². The van der Waals surface area contributed by atoms with E-state index in [1.165, 1.54) is 7.11 Å². The summed E-state index contributed by atoms with van der Waals surface area (Å²) in [4.78, 5) is 23.7. The van der Waals surface area contributed by atoms with E-state index in [2.05, 4.69) is 5.32 Å². The Morgan fingerprint density at radius 1 is 1.22 bits per heavy atom. The maximum absolute atomic E-state index is 12.4. The van der Waals surface area contributed by atoms with Crippen LogP contribution in [0.1, 0.15) is 44.5 Å². The maximum atomic E-state index is 12.4. The molecule has 0 aliphatic heterocycles. The third-order valence-corrected chi connectivity index (χ3v) is 3.11. The number of nitrogens with one attached hydrogen (secondary N) is 1. The number of amides is 1. The molecule has 1 atom stereocenters. The van der Waals surface area contributed by atoms with Crippen LogP contribution >= 0.6 is 0 Å². The van der Waals surface area contributed by atoms with Crippen LogP contribution < -0.4 is 14.8 Å². The van der Waals surface area contributed by atoms with E-state index in [0.717, 1.165) is 0 Å². The average molecular weight is 323 g/mol. The van der Waals surface area contributed by atoms with Crippen molar-refractivity contribution in [2.45, 2.75) is 46.3 Å². The first kappa shape index (κ1) is 18.8. The molecule has 1 aromatic rings. The van der Waals surface area contributed by atoms with E-state index in [0.29, 0.717) is 17.9 Å². The van der Waals surface area contributed by atoms with Gasteiger partial charge in [0.2, 0.25) is 0 Å². The van der Waals surface area contributed by atoms with Crippen molar-refractivity contribution in [1.29, 1.82) is 0 Å². The second-order valence-electron chi connectivity index (χ2n) is 6.02. The van der Waals surface area contributed by atoms with E-state index in [-0.39, 0.29) is 17.6 Å². The molecule has 0 spiro atoms. The average Bonchev–Trinajstić information content (AvgIpc) is 2.45. The predicted molar refractivity (Wildman–Crippen MR) is 87.1 cm³/mol. The first-order valence-electron chi connectivity index (χ1n) is 7.63. The number of methoxy groups -OCH3 is 1. The Hall–Kier alpha value is -2.24. The molecule has 0 heterocycles. The lowest BCUT2D eigenvalue weighted by molar-refractivity contribution is -0.139. The zero-order chi connectivity index (χ0) is 17.6. The Balaban J connectivity index is 3.03. The molecule has 0 fully saturated rings. The molecule has 0 aliphatic carbocycles. The molecule has 1 amide bonds. The molecule has 0 radical (unpaired) electrons. The summed E-state index contributed by atoms with van der Waals surface area (Å²) in [6.45, 7) is 7.51. The van der Waals surface area contributed by atoms with E-state index < -0.39 is 17.9 Å². The molecule has 23 heavy (non-hydrogen) atoms. The smallest absolute Gasteiger partial charge is 0.326 e. The van der Waals surface area contributed by atoms with Crippen molar-refractivity contribution in [3.8, 4) is 11.5 Å². The van der Waals surface area contributed by atoms with Gasteiger partial charge in [0.1, 0.15) is 17.5 Å². The minimum absolute atomic E-state index is 0.125. The van der Waals surface area contributed by atoms with E-state index >= 15 is 0 Å². The molecular weight excluding hydrogens is 298 g/mol. The van der Waals surface area contributed by atoms with Crippen LogP contribution in [0.2, 0.25) is 0 Å². The molecule has 0 saturated carbocycles. The summed E-state index contributed by atoms with van der Waals surface area (Å²) in [5, 5.41) is 11.8. The molecule has 0 aliphatic rings. The second-order valence-corrected chi connectivity index (χ2v) is 6.02. The normalized spacial score (nSPS) is 12.1. The number of hydrogen-bond donors (Lipinski definition) is 2. The summed E-state index contributed by atoms with van der Waals surface area (Å²) in [5.74, 6) is -0.443. The van der Waals surface area contributed by atoms with Gasteiger partial charge in [0.15, 0.2) is 0 Å². The number of rotatable bonds is 8. The fraction of sp³-hybridized carbons (Fsp3) is 0.529. The SMILES string of the molecule is COc1ccc(C(=O)N[C@H](CC(C)C)C(=O)O)c(OC(C)C)c1. The number of aliphatic carboxylic acids is 1. The lowest BCUT2D eigenvalue weighted by Crippen LogP contribution is -2.41. The molecule has 1 aromatic carbocycles. The Kier molecular flexibility index (Phi) is 6.88. The number of hydrogen-bond acceptors (Lipinski definition) is 4. The van der Waals surface area contributed by atoms with Crippen molar-refractivity contribution in [2.24, 2.45) is 5.92 Å². The van der Waals surface area contributed by atoms with Gasteiger partial charge in [-0.25, -0.2) is 4.79 Å². The van der Waals surface area contributed by atoms with Crippen molar-refractivity contribution in [2.75, 3.05) is 7.11 Å². The number of carboxylic acid groups (broad SMARTS) is 1. The van der Waals surface area contributed by atoms with Crippen LogP contribution in [-0.4, -0.2) is 36.2 Å². The second kappa shape index (κ2) is 8.41. The third-order valence-electron chi connectivity index (χ3n) is 3.11. The highest BCUT2D eigenvalue weighted by Gasteiger charge is 2.24. The summed E-state index contributed by atoms with van der Waals surface area (Å²) < 4.78 is 10.8. The van der Waals surface area contributed by atoms with Crippen molar-refractivity contribution >= 4 is 11.9 Å². The highest BCUT2D eigenvalue weighted by atomic mass is 16.5. The zero-order valence-electron chi connectivity index (χ0n) is 14.3. The number of carbonyl (C=O) groups is 2. The highest BCUT2D eigenvalue weighted by Crippen LogP contribution is 2.26. The molecule has 128 valence electrons. The summed E-state index contributed by atoms with van der Waals surface area (Å²) >= 11 is 0. The number of ether oxygens (including phenoxy) is 2. The third kappa shape index (κ3) is 5.81. The van der Waals surface area contributed by atoms with Crippen molar-refractivity contribution in [3.63, 3.8) is 0 Å². The first-order valence-corrected chi connectivity index (χ1v) is 7.63. The minimum atomic E-state index is -1.05. The van der Waals surface area contributed by atoms with Gasteiger partial charge in [0.25, 0.3) is 5.91 Å². The van der Waals surface area contributed by atoms with Crippen LogP contribution in [0.15, 0.2) is 18.2 Å². The van der Waals surface area contributed by atoms with Crippen LogP contribution in [-0.2, 0) is 4.79 Å². The fourth-order valence-electron chi connectivity index (χ4n) is 2.10. The van der Waals surface area contributed by atoms with Gasteiger partial charge in [-0.15, -0.1) is 0 Å². The van der Waals surface area contributed by atoms with Crippen LogP contribution in [0.4, 0.5) is 0 Å². The highest BCUT2D eigenvalue weighted by molar-refractivity contribution is 5.99. The maximum Gasteiger partial charge on any atom is 0.326 e. The van der Waals surface area contributed by atoms with Crippen LogP contribution in [0, 0.1) is 5.92 Å². The monoisotopic (exact) mass is 323 g/mol. The number of carboxylic acids is 1. The molecule has 2 N–H and O–H groups in total. The fourth-order valence-corrected chi connectivity index (χ4v) is 2.10. The quantitative estimate of drug-likeness (QED) is 0.768. The zero-order valence-corrected chi connectivity index (χ0v) is 14.3. The van der Waals surface area contributed by atoms with Crippen LogP contribution in [0.3, 0.4) is 0 Å². The molecule has 0 saturated heterocycles. The lowest BCUT2D eigenvalue weighted by Gasteiger charge is -2.19. The standard InChI is InChI=1S/C17H25NO5/c1-10(2)8-14(17(20)21)18-16(19)13-7-6-12(22-5)9-15(13)23-11(3)4/h6-7,9-11,14H,8H2,1-5H3,(H,18,19)(H,20,21)/t14-/m1/s1. The van der Waals surface area contributed by atoms with Gasteiger partial charge in [-0.3, -0.25) is 4.79 Å². The molecule has 6 nitrogen and oxygen atoms in total. The Morgan fingerprint density at radius 2 is 1.87 bits per heavy atom.